The standard InChI is InChI=1S/C13H13FN2O5/c14-8-4-5-9(11(7-8)16(20)21)12(17)15-6-2-1-3-10(15)13(18)19/h4-5,7,10H,1-3,6H2,(H,18,19)/t10-/m0/s1. The Hall–Kier alpha value is -2.51. The fourth-order valence-corrected chi connectivity index (χ4v) is 2.42. The van der Waals surface area contributed by atoms with E-state index in [0.29, 0.717) is 25.3 Å². The first-order chi connectivity index (χ1) is 9.91. The lowest BCUT2D eigenvalue weighted by atomic mass is 10.0. The van der Waals surface area contributed by atoms with Crippen molar-refractivity contribution in [3.63, 3.8) is 0 Å². The number of carboxylic acids is 1. The van der Waals surface area contributed by atoms with Gasteiger partial charge in [-0.1, -0.05) is 0 Å². The smallest absolute Gasteiger partial charge is 0.326 e. The molecule has 1 atom stereocenters. The summed E-state index contributed by atoms with van der Waals surface area (Å²) in [7, 11) is 0. The number of halogens is 1. The number of rotatable bonds is 3. The molecule has 112 valence electrons. The highest BCUT2D eigenvalue weighted by molar-refractivity contribution is 6.00. The van der Waals surface area contributed by atoms with E-state index in [-0.39, 0.29) is 12.1 Å². The third kappa shape index (κ3) is 2.99. The molecule has 0 aliphatic carbocycles. The predicted octanol–water partition coefficient (Wildman–Crippen LogP) is 1.81. The Bertz CT molecular complexity index is 604. The lowest BCUT2D eigenvalue weighted by molar-refractivity contribution is -0.385. The van der Waals surface area contributed by atoms with Gasteiger partial charge in [-0.15, -0.1) is 0 Å². The van der Waals surface area contributed by atoms with Gasteiger partial charge >= 0.3 is 5.97 Å². The first-order valence-corrected chi connectivity index (χ1v) is 6.39. The van der Waals surface area contributed by atoms with Crippen molar-refractivity contribution in [2.45, 2.75) is 25.3 Å². The Balaban J connectivity index is 2.39. The van der Waals surface area contributed by atoms with Crippen LogP contribution in [0.25, 0.3) is 0 Å². The fraction of sp³-hybridized carbons (Fsp3) is 0.385. The Morgan fingerprint density at radius 3 is 2.71 bits per heavy atom. The van der Waals surface area contributed by atoms with Crippen molar-refractivity contribution in [2.75, 3.05) is 6.54 Å². The van der Waals surface area contributed by atoms with E-state index in [0.717, 1.165) is 17.0 Å². The molecule has 1 fully saturated rings. The number of benzene rings is 1. The number of aliphatic carboxylic acids is 1. The minimum atomic E-state index is -1.15. The molecule has 1 heterocycles. The maximum atomic E-state index is 13.1. The van der Waals surface area contributed by atoms with Crippen LogP contribution in [0.5, 0.6) is 0 Å². The van der Waals surface area contributed by atoms with Crippen LogP contribution >= 0.6 is 0 Å². The minimum absolute atomic E-state index is 0.213. The SMILES string of the molecule is O=C(O)[C@@H]1CCCCN1C(=O)c1ccc(F)cc1[N+](=O)[O-]. The number of likely N-dealkylation sites (tertiary alicyclic amines) is 1. The van der Waals surface area contributed by atoms with Gasteiger partial charge in [0.15, 0.2) is 0 Å². The summed E-state index contributed by atoms with van der Waals surface area (Å²) in [6.45, 7) is 0.213. The molecule has 8 heteroatoms. The maximum absolute atomic E-state index is 13.1. The van der Waals surface area contributed by atoms with Crippen LogP contribution in [-0.4, -0.2) is 39.4 Å². The molecule has 1 aromatic rings. The lowest BCUT2D eigenvalue weighted by Crippen LogP contribution is -2.48. The highest BCUT2D eigenvalue weighted by Gasteiger charge is 2.35. The van der Waals surface area contributed by atoms with Gasteiger partial charge in [0.05, 0.1) is 11.0 Å². The summed E-state index contributed by atoms with van der Waals surface area (Å²) in [5.74, 6) is -2.73. The van der Waals surface area contributed by atoms with Crippen LogP contribution in [0.3, 0.4) is 0 Å². The number of piperidine rings is 1. The molecule has 1 aromatic carbocycles. The van der Waals surface area contributed by atoms with E-state index in [2.05, 4.69) is 0 Å². The van der Waals surface area contributed by atoms with Crippen molar-refractivity contribution in [1.82, 2.24) is 4.90 Å². The molecule has 2 rings (SSSR count). The molecular formula is C13H13FN2O5. The van der Waals surface area contributed by atoms with Crippen molar-refractivity contribution in [3.05, 3.63) is 39.7 Å². The zero-order valence-corrected chi connectivity index (χ0v) is 11.0. The molecule has 1 aliphatic rings. The summed E-state index contributed by atoms with van der Waals surface area (Å²) in [6.07, 6.45) is 1.60. The number of carbonyl (C=O) groups excluding carboxylic acids is 1. The molecular weight excluding hydrogens is 283 g/mol. The number of nitrogens with zero attached hydrogens (tertiary/aromatic N) is 2. The van der Waals surface area contributed by atoms with E-state index in [1.165, 1.54) is 0 Å². The fourth-order valence-electron chi connectivity index (χ4n) is 2.42. The third-order valence-electron chi connectivity index (χ3n) is 3.44. The normalized spacial score (nSPS) is 18.3. The Morgan fingerprint density at radius 1 is 1.38 bits per heavy atom. The molecule has 0 unspecified atom stereocenters. The summed E-state index contributed by atoms with van der Waals surface area (Å²) >= 11 is 0. The van der Waals surface area contributed by atoms with Gasteiger partial charge in [-0.25, -0.2) is 9.18 Å². The van der Waals surface area contributed by atoms with Crippen LogP contribution in [0.2, 0.25) is 0 Å². The van der Waals surface area contributed by atoms with Crippen LogP contribution in [0.4, 0.5) is 10.1 Å². The van der Waals surface area contributed by atoms with E-state index >= 15 is 0 Å². The van der Waals surface area contributed by atoms with Gasteiger partial charge in [0.1, 0.15) is 17.4 Å². The van der Waals surface area contributed by atoms with Crippen LogP contribution in [-0.2, 0) is 4.79 Å². The Morgan fingerprint density at radius 2 is 2.10 bits per heavy atom. The number of hydrogen-bond acceptors (Lipinski definition) is 4. The molecule has 7 nitrogen and oxygen atoms in total. The number of hydrogen-bond donors (Lipinski definition) is 1. The monoisotopic (exact) mass is 296 g/mol. The maximum Gasteiger partial charge on any atom is 0.326 e. The molecule has 0 spiro atoms. The average Bonchev–Trinajstić information content (AvgIpc) is 2.46. The molecule has 0 radical (unpaired) electrons. The molecule has 1 amide bonds. The van der Waals surface area contributed by atoms with Crippen molar-refractivity contribution in [2.24, 2.45) is 0 Å². The van der Waals surface area contributed by atoms with Crippen LogP contribution in [0, 0.1) is 15.9 Å². The second kappa shape index (κ2) is 5.86. The number of amides is 1. The second-order valence-electron chi connectivity index (χ2n) is 4.77. The molecule has 1 saturated heterocycles. The summed E-state index contributed by atoms with van der Waals surface area (Å²) < 4.78 is 13.1. The summed E-state index contributed by atoms with van der Waals surface area (Å²) in [5.41, 5.74) is -0.954. The van der Waals surface area contributed by atoms with E-state index in [1.54, 1.807) is 0 Å². The highest BCUT2D eigenvalue weighted by atomic mass is 19.1. The summed E-state index contributed by atoms with van der Waals surface area (Å²) in [5, 5.41) is 20.1. The molecule has 1 aliphatic heterocycles. The number of carbonyl (C=O) groups is 2. The van der Waals surface area contributed by atoms with E-state index in [1.807, 2.05) is 0 Å². The molecule has 0 bridgehead atoms. The van der Waals surface area contributed by atoms with Gasteiger partial charge in [-0.05, 0) is 31.4 Å². The summed E-state index contributed by atoms with van der Waals surface area (Å²) in [4.78, 5) is 34.8. The highest BCUT2D eigenvalue weighted by Crippen LogP contribution is 2.25. The third-order valence-corrected chi connectivity index (χ3v) is 3.44. The van der Waals surface area contributed by atoms with E-state index < -0.39 is 34.3 Å². The van der Waals surface area contributed by atoms with Crippen LogP contribution in [0.15, 0.2) is 18.2 Å². The zero-order chi connectivity index (χ0) is 15.6. The van der Waals surface area contributed by atoms with Crippen molar-refractivity contribution in [1.29, 1.82) is 0 Å². The number of nitro groups is 1. The predicted molar refractivity (Wildman–Crippen MR) is 69.4 cm³/mol. The zero-order valence-electron chi connectivity index (χ0n) is 11.0. The van der Waals surface area contributed by atoms with Gasteiger partial charge in [0, 0.05) is 6.54 Å². The van der Waals surface area contributed by atoms with Crippen LogP contribution < -0.4 is 0 Å². The van der Waals surface area contributed by atoms with Gasteiger partial charge < -0.3 is 10.0 Å². The first kappa shape index (κ1) is 14.9. The van der Waals surface area contributed by atoms with E-state index in [4.69, 9.17) is 5.11 Å². The lowest BCUT2D eigenvalue weighted by Gasteiger charge is -2.32. The van der Waals surface area contributed by atoms with Crippen molar-refractivity contribution < 1.29 is 24.0 Å². The van der Waals surface area contributed by atoms with Gasteiger partial charge in [-0.2, -0.15) is 0 Å². The Kier molecular flexibility index (Phi) is 4.15. The Labute approximate surface area is 119 Å². The van der Waals surface area contributed by atoms with Gasteiger partial charge in [-0.3, -0.25) is 14.9 Å². The molecule has 0 aromatic heterocycles. The summed E-state index contributed by atoms with van der Waals surface area (Å²) in [6, 6.07) is 1.62. The van der Waals surface area contributed by atoms with Gasteiger partial charge in [0.2, 0.25) is 0 Å². The largest absolute Gasteiger partial charge is 0.480 e. The molecule has 0 saturated carbocycles. The van der Waals surface area contributed by atoms with Crippen molar-refractivity contribution in [3.8, 4) is 0 Å². The van der Waals surface area contributed by atoms with Crippen molar-refractivity contribution >= 4 is 17.6 Å². The van der Waals surface area contributed by atoms with Crippen LogP contribution in [0.1, 0.15) is 29.6 Å². The average molecular weight is 296 g/mol. The number of nitro benzene ring substituents is 1. The molecule has 21 heavy (non-hydrogen) atoms. The van der Waals surface area contributed by atoms with Gasteiger partial charge in [0.25, 0.3) is 11.6 Å². The topological polar surface area (TPSA) is 101 Å². The molecule has 1 N–H and O–H groups in total. The quantitative estimate of drug-likeness (QED) is 0.677. The number of carboxylic acid groups (broad SMARTS) is 1. The second-order valence-corrected chi connectivity index (χ2v) is 4.77. The minimum Gasteiger partial charge on any atom is -0.480 e. The first-order valence-electron chi connectivity index (χ1n) is 6.39. The van der Waals surface area contributed by atoms with E-state index in [9.17, 15) is 24.1 Å².